The number of carbonyl (C=O) groups is 2. The molecule has 2 N–H and O–H groups in total. The Balaban J connectivity index is 2.18. The highest BCUT2D eigenvalue weighted by Crippen LogP contribution is 2.12. The van der Waals surface area contributed by atoms with E-state index in [1.807, 2.05) is 0 Å². The predicted molar refractivity (Wildman–Crippen MR) is 89.3 cm³/mol. The third-order valence-electron chi connectivity index (χ3n) is 3.54. The second kappa shape index (κ2) is 7.39. The van der Waals surface area contributed by atoms with Gasteiger partial charge in [0.15, 0.2) is 0 Å². The first-order chi connectivity index (χ1) is 11.8. The fourth-order valence-electron chi connectivity index (χ4n) is 2.19. The van der Waals surface area contributed by atoms with Crippen molar-refractivity contribution in [2.24, 2.45) is 0 Å². The molecule has 9 heteroatoms. The minimum absolute atomic E-state index is 0.176. The van der Waals surface area contributed by atoms with E-state index in [0.29, 0.717) is 5.56 Å². The van der Waals surface area contributed by atoms with Gasteiger partial charge in [0.25, 0.3) is 23.1 Å². The maximum atomic E-state index is 12.4. The molecule has 0 bridgehead atoms. The molecule has 0 aliphatic rings. The van der Waals surface area contributed by atoms with E-state index in [1.165, 1.54) is 19.0 Å². The summed E-state index contributed by atoms with van der Waals surface area (Å²) < 4.78 is 0. The molecular weight excluding hydrogens is 328 g/mol. The number of aromatic amines is 1. The summed E-state index contributed by atoms with van der Waals surface area (Å²) in [6.07, 6.45) is 0.941. The minimum Gasteiger partial charge on any atom is -0.355 e. The average molecular weight is 344 g/mol. The van der Waals surface area contributed by atoms with Crippen LogP contribution in [0.25, 0.3) is 0 Å². The quantitative estimate of drug-likeness (QED) is 0.616. The Morgan fingerprint density at radius 2 is 1.92 bits per heavy atom. The number of hydrogen-bond acceptors (Lipinski definition) is 5. The number of nitro groups is 1. The predicted octanol–water partition coefficient (Wildman–Crippen LogP) is 0.915. The van der Waals surface area contributed by atoms with Crippen LogP contribution in [-0.2, 0) is 6.54 Å². The number of rotatable bonds is 5. The van der Waals surface area contributed by atoms with Crippen LogP contribution < -0.4 is 10.9 Å². The third kappa shape index (κ3) is 4.08. The van der Waals surface area contributed by atoms with Crippen LogP contribution in [0.2, 0.25) is 0 Å². The van der Waals surface area contributed by atoms with Gasteiger partial charge in [-0.15, -0.1) is 0 Å². The molecule has 0 saturated heterocycles. The van der Waals surface area contributed by atoms with Crippen molar-refractivity contribution in [1.82, 2.24) is 15.2 Å². The van der Waals surface area contributed by atoms with Crippen LogP contribution in [0.1, 0.15) is 26.3 Å². The molecule has 2 aromatic rings. The lowest BCUT2D eigenvalue weighted by molar-refractivity contribution is -0.385. The molecule has 0 fully saturated rings. The lowest BCUT2D eigenvalue weighted by atomic mass is 10.1. The van der Waals surface area contributed by atoms with Crippen molar-refractivity contribution in [2.75, 3.05) is 14.1 Å². The normalized spacial score (nSPS) is 10.2. The Hall–Kier alpha value is -3.49. The van der Waals surface area contributed by atoms with Gasteiger partial charge in [-0.05, 0) is 17.7 Å². The largest absolute Gasteiger partial charge is 0.355 e. The van der Waals surface area contributed by atoms with E-state index in [2.05, 4.69) is 10.3 Å². The topological polar surface area (TPSA) is 125 Å². The van der Waals surface area contributed by atoms with E-state index in [9.17, 15) is 24.5 Å². The number of aromatic nitrogens is 1. The van der Waals surface area contributed by atoms with Crippen LogP contribution in [0, 0.1) is 10.1 Å². The SMILES string of the molecule is CNC(=O)c1ccc(CN(C)C(=O)c2cc([N+](=O)[O-])c[nH]c2=O)cc1. The van der Waals surface area contributed by atoms with Crippen LogP contribution in [-0.4, -0.2) is 40.7 Å². The first-order valence-corrected chi connectivity index (χ1v) is 7.27. The van der Waals surface area contributed by atoms with Crippen molar-refractivity contribution in [3.63, 3.8) is 0 Å². The fraction of sp³-hybridized carbons (Fsp3) is 0.188. The van der Waals surface area contributed by atoms with Gasteiger partial charge < -0.3 is 15.2 Å². The number of benzene rings is 1. The lowest BCUT2D eigenvalue weighted by Gasteiger charge is -2.17. The number of hydrogen-bond donors (Lipinski definition) is 2. The van der Waals surface area contributed by atoms with Gasteiger partial charge in [0.05, 0.1) is 11.1 Å². The molecule has 1 heterocycles. The van der Waals surface area contributed by atoms with Crippen molar-refractivity contribution >= 4 is 17.5 Å². The van der Waals surface area contributed by atoms with Crippen LogP contribution in [0.3, 0.4) is 0 Å². The number of H-pyrrole nitrogens is 1. The second-order valence-corrected chi connectivity index (χ2v) is 5.30. The van der Waals surface area contributed by atoms with E-state index < -0.39 is 16.4 Å². The minimum atomic E-state index is -0.697. The number of carbonyl (C=O) groups excluding carboxylic acids is 2. The first-order valence-electron chi connectivity index (χ1n) is 7.27. The Morgan fingerprint density at radius 3 is 2.48 bits per heavy atom. The molecule has 0 aliphatic carbocycles. The zero-order chi connectivity index (χ0) is 18.6. The monoisotopic (exact) mass is 344 g/mol. The second-order valence-electron chi connectivity index (χ2n) is 5.30. The van der Waals surface area contributed by atoms with Crippen molar-refractivity contribution in [1.29, 1.82) is 0 Å². The Labute approximate surface area is 142 Å². The summed E-state index contributed by atoms with van der Waals surface area (Å²) >= 11 is 0. The van der Waals surface area contributed by atoms with E-state index >= 15 is 0 Å². The van der Waals surface area contributed by atoms with Crippen LogP contribution >= 0.6 is 0 Å². The van der Waals surface area contributed by atoms with Gasteiger partial charge in [0.1, 0.15) is 5.56 Å². The van der Waals surface area contributed by atoms with Crippen LogP contribution in [0.4, 0.5) is 5.69 Å². The average Bonchev–Trinajstić information content (AvgIpc) is 2.61. The number of nitrogens with zero attached hydrogens (tertiary/aromatic N) is 2. The molecule has 0 atom stereocenters. The highest BCUT2D eigenvalue weighted by Gasteiger charge is 2.19. The van der Waals surface area contributed by atoms with Gasteiger partial charge >= 0.3 is 0 Å². The summed E-state index contributed by atoms with van der Waals surface area (Å²) in [7, 11) is 3.01. The van der Waals surface area contributed by atoms with Crippen molar-refractivity contribution in [2.45, 2.75) is 6.54 Å². The molecule has 2 rings (SSSR count). The third-order valence-corrected chi connectivity index (χ3v) is 3.54. The summed E-state index contributed by atoms with van der Waals surface area (Å²) in [4.78, 5) is 49.2. The summed E-state index contributed by atoms with van der Waals surface area (Å²) in [6.45, 7) is 0.176. The fourth-order valence-corrected chi connectivity index (χ4v) is 2.19. The Kier molecular flexibility index (Phi) is 5.28. The molecule has 25 heavy (non-hydrogen) atoms. The van der Waals surface area contributed by atoms with Gasteiger partial charge in [-0.2, -0.15) is 0 Å². The zero-order valence-corrected chi connectivity index (χ0v) is 13.6. The molecular formula is C16H16N4O5. The van der Waals surface area contributed by atoms with Crippen molar-refractivity contribution in [3.8, 4) is 0 Å². The molecule has 0 unspecified atom stereocenters. The Bertz CT molecular complexity index is 873. The van der Waals surface area contributed by atoms with Crippen molar-refractivity contribution < 1.29 is 14.5 Å². The highest BCUT2D eigenvalue weighted by atomic mass is 16.6. The molecule has 0 aliphatic heterocycles. The van der Waals surface area contributed by atoms with Crippen LogP contribution in [0.5, 0.6) is 0 Å². The van der Waals surface area contributed by atoms with Crippen LogP contribution in [0.15, 0.2) is 41.3 Å². The van der Waals surface area contributed by atoms with E-state index in [-0.39, 0.29) is 23.7 Å². The highest BCUT2D eigenvalue weighted by molar-refractivity contribution is 5.94. The van der Waals surface area contributed by atoms with Gasteiger partial charge in [0.2, 0.25) is 0 Å². The van der Waals surface area contributed by atoms with Gasteiger partial charge in [-0.1, -0.05) is 12.1 Å². The van der Waals surface area contributed by atoms with Gasteiger partial charge in [-0.3, -0.25) is 24.5 Å². The van der Waals surface area contributed by atoms with E-state index in [0.717, 1.165) is 17.8 Å². The molecule has 2 amide bonds. The summed E-state index contributed by atoms with van der Waals surface area (Å²) in [6, 6.07) is 7.56. The number of pyridine rings is 1. The first kappa shape index (κ1) is 17.9. The van der Waals surface area contributed by atoms with Crippen molar-refractivity contribution in [3.05, 3.63) is 73.7 Å². The van der Waals surface area contributed by atoms with E-state index in [4.69, 9.17) is 0 Å². The molecule has 9 nitrogen and oxygen atoms in total. The summed E-state index contributed by atoms with van der Waals surface area (Å²) in [5, 5.41) is 13.3. The summed E-state index contributed by atoms with van der Waals surface area (Å²) in [5.41, 5.74) is -0.150. The molecule has 0 radical (unpaired) electrons. The maximum absolute atomic E-state index is 12.4. The molecule has 1 aromatic carbocycles. The number of nitrogens with one attached hydrogen (secondary N) is 2. The smallest absolute Gasteiger partial charge is 0.286 e. The zero-order valence-electron chi connectivity index (χ0n) is 13.6. The summed E-state index contributed by atoms with van der Waals surface area (Å²) in [5.74, 6) is -0.862. The van der Waals surface area contributed by atoms with Gasteiger partial charge in [0, 0.05) is 32.3 Å². The molecule has 0 saturated carbocycles. The Morgan fingerprint density at radius 1 is 1.28 bits per heavy atom. The molecule has 130 valence electrons. The lowest BCUT2D eigenvalue weighted by Crippen LogP contribution is -2.31. The molecule has 1 aromatic heterocycles. The molecule has 0 spiro atoms. The maximum Gasteiger partial charge on any atom is 0.286 e. The number of amides is 2. The standard InChI is InChI=1S/C16H16N4O5/c1-17-14(21)11-5-3-10(4-6-11)9-19(2)16(23)13-7-12(20(24)25)8-18-15(13)22/h3-8H,9H2,1-2H3,(H,17,21)(H,18,22). The van der Waals surface area contributed by atoms with Gasteiger partial charge in [-0.25, -0.2) is 0 Å². The van der Waals surface area contributed by atoms with E-state index in [1.54, 1.807) is 24.3 Å².